The number of aromatic nitrogens is 4. The molecule has 3 aromatic rings. The van der Waals surface area contributed by atoms with E-state index in [0.29, 0.717) is 49.0 Å². The lowest BCUT2D eigenvalue weighted by atomic mass is 9.90. The molecular formula is C29H34N8O3. The third-order valence-corrected chi connectivity index (χ3v) is 8.51. The molecule has 0 bridgehead atoms. The van der Waals surface area contributed by atoms with Gasteiger partial charge in [0.2, 0.25) is 5.91 Å². The number of hydrogen-bond donors (Lipinski definition) is 2. The van der Waals surface area contributed by atoms with Crippen molar-refractivity contribution in [1.82, 2.24) is 29.7 Å². The van der Waals surface area contributed by atoms with E-state index in [0.717, 1.165) is 80.6 Å². The van der Waals surface area contributed by atoms with Crippen LogP contribution in [0.15, 0.2) is 43.4 Å². The van der Waals surface area contributed by atoms with Gasteiger partial charge >= 0.3 is 0 Å². The summed E-state index contributed by atoms with van der Waals surface area (Å²) >= 11 is 0. The number of nitrogens with zero attached hydrogens (tertiary/aromatic N) is 6. The molecule has 11 nitrogen and oxygen atoms in total. The van der Waals surface area contributed by atoms with Crippen molar-refractivity contribution in [2.75, 3.05) is 62.7 Å². The van der Waals surface area contributed by atoms with Crippen LogP contribution in [0.25, 0.3) is 11.5 Å². The molecule has 3 fully saturated rings. The van der Waals surface area contributed by atoms with E-state index < -0.39 is 0 Å². The lowest BCUT2D eigenvalue weighted by Gasteiger charge is -2.47. The van der Waals surface area contributed by atoms with Crippen LogP contribution in [0, 0.1) is 0 Å². The van der Waals surface area contributed by atoms with Crippen LogP contribution in [0.5, 0.6) is 5.75 Å². The molecular weight excluding hydrogens is 508 g/mol. The highest BCUT2D eigenvalue weighted by molar-refractivity contribution is 5.87. The second-order valence-electron chi connectivity index (χ2n) is 10.8. The molecule has 4 aliphatic heterocycles. The number of likely N-dealkylation sites (tertiary alicyclic amines) is 2. The van der Waals surface area contributed by atoms with E-state index in [1.54, 1.807) is 6.20 Å². The number of rotatable bonds is 5. The Morgan fingerprint density at radius 2 is 1.93 bits per heavy atom. The second kappa shape index (κ2) is 10.5. The predicted molar refractivity (Wildman–Crippen MR) is 151 cm³/mol. The summed E-state index contributed by atoms with van der Waals surface area (Å²) in [5, 5.41) is 3.59. The molecule has 0 unspecified atom stereocenters. The molecule has 40 heavy (non-hydrogen) atoms. The Morgan fingerprint density at radius 1 is 1.10 bits per heavy atom. The third-order valence-electron chi connectivity index (χ3n) is 8.51. The normalized spacial score (nSPS) is 20.0. The van der Waals surface area contributed by atoms with Crippen molar-refractivity contribution in [2.45, 2.75) is 31.4 Å². The van der Waals surface area contributed by atoms with Gasteiger partial charge in [0.15, 0.2) is 11.6 Å². The minimum atomic E-state index is 0.0300. The van der Waals surface area contributed by atoms with Crippen LogP contribution in [-0.2, 0) is 16.1 Å². The molecule has 4 aliphatic rings. The van der Waals surface area contributed by atoms with Crippen molar-refractivity contribution >= 4 is 23.1 Å². The number of morpholine rings is 1. The molecule has 0 aromatic carbocycles. The van der Waals surface area contributed by atoms with Crippen molar-refractivity contribution < 1.29 is 14.3 Å². The van der Waals surface area contributed by atoms with Crippen molar-refractivity contribution in [1.29, 1.82) is 0 Å². The van der Waals surface area contributed by atoms with Crippen LogP contribution in [0.3, 0.4) is 0 Å². The Bertz CT molecular complexity index is 1390. The highest BCUT2D eigenvalue weighted by Gasteiger charge is 2.37. The van der Waals surface area contributed by atoms with Crippen LogP contribution >= 0.6 is 0 Å². The number of anilines is 3. The van der Waals surface area contributed by atoms with E-state index in [1.165, 1.54) is 6.08 Å². The summed E-state index contributed by atoms with van der Waals surface area (Å²) in [5.41, 5.74) is 4.74. The molecule has 2 N–H and O–H groups in total. The number of aromatic amines is 1. The summed E-state index contributed by atoms with van der Waals surface area (Å²) in [4.78, 5) is 36.2. The maximum Gasteiger partial charge on any atom is 0.245 e. The summed E-state index contributed by atoms with van der Waals surface area (Å²) in [6, 6.07) is 4.67. The van der Waals surface area contributed by atoms with Crippen LogP contribution in [0.4, 0.5) is 17.2 Å². The lowest BCUT2D eigenvalue weighted by molar-refractivity contribution is -0.127. The van der Waals surface area contributed by atoms with Crippen LogP contribution in [0.2, 0.25) is 0 Å². The minimum absolute atomic E-state index is 0.0300. The van der Waals surface area contributed by atoms with Gasteiger partial charge in [0.25, 0.3) is 0 Å². The van der Waals surface area contributed by atoms with Crippen LogP contribution < -0.4 is 15.0 Å². The quantitative estimate of drug-likeness (QED) is 0.470. The first kappa shape index (κ1) is 25.0. The highest BCUT2D eigenvalue weighted by Crippen LogP contribution is 2.43. The van der Waals surface area contributed by atoms with E-state index in [2.05, 4.69) is 43.8 Å². The maximum atomic E-state index is 12.0. The molecule has 1 amide bonds. The first-order valence-corrected chi connectivity index (χ1v) is 14.1. The molecule has 0 atom stereocenters. The number of nitrogens with one attached hydrogen (secondary N) is 2. The number of fused-ring (bicyclic) bond motifs is 2. The number of amides is 1. The van der Waals surface area contributed by atoms with Gasteiger partial charge in [0.1, 0.15) is 18.1 Å². The number of hydrogen-bond acceptors (Lipinski definition) is 9. The van der Waals surface area contributed by atoms with Gasteiger partial charge in [0.05, 0.1) is 24.5 Å². The fourth-order valence-electron chi connectivity index (χ4n) is 6.24. The Labute approximate surface area is 233 Å². The topological polar surface area (TPSA) is 112 Å². The van der Waals surface area contributed by atoms with Crippen molar-refractivity contribution in [3.05, 3.63) is 54.6 Å². The Hall–Kier alpha value is -3.96. The highest BCUT2D eigenvalue weighted by atomic mass is 16.5. The zero-order valence-corrected chi connectivity index (χ0v) is 22.5. The number of pyridine rings is 2. The van der Waals surface area contributed by atoms with E-state index in [4.69, 9.17) is 19.4 Å². The summed E-state index contributed by atoms with van der Waals surface area (Å²) in [6.45, 7) is 10.6. The van der Waals surface area contributed by atoms with Crippen molar-refractivity contribution in [2.24, 2.45) is 0 Å². The Kier molecular flexibility index (Phi) is 6.60. The first-order valence-electron chi connectivity index (χ1n) is 14.1. The van der Waals surface area contributed by atoms with E-state index in [-0.39, 0.29) is 5.91 Å². The van der Waals surface area contributed by atoms with Gasteiger partial charge in [-0.15, -0.1) is 0 Å². The number of ether oxygens (including phenoxy) is 2. The van der Waals surface area contributed by atoms with Crippen molar-refractivity contribution in [3.8, 4) is 17.3 Å². The van der Waals surface area contributed by atoms with Crippen LogP contribution in [-0.4, -0.2) is 94.2 Å². The van der Waals surface area contributed by atoms with Crippen LogP contribution in [0.1, 0.15) is 30.0 Å². The fraction of sp³-hybridized carbons (Fsp3) is 0.448. The van der Waals surface area contributed by atoms with Gasteiger partial charge in [-0.25, -0.2) is 15.0 Å². The monoisotopic (exact) mass is 542 g/mol. The number of H-pyrrole nitrogens is 1. The lowest BCUT2D eigenvalue weighted by Crippen LogP contribution is -2.54. The smallest absolute Gasteiger partial charge is 0.245 e. The summed E-state index contributed by atoms with van der Waals surface area (Å²) < 4.78 is 12.0. The molecule has 208 valence electrons. The number of carbonyl (C=O) groups excluding carboxylic acids is 1. The van der Waals surface area contributed by atoms with Gasteiger partial charge in [-0.05, 0) is 31.1 Å². The van der Waals surface area contributed by atoms with E-state index in [1.807, 2.05) is 17.3 Å². The predicted octanol–water partition coefficient (Wildman–Crippen LogP) is 2.92. The fourth-order valence-corrected chi connectivity index (χ4v) is 6.24. The SMILES string of the molecule is C=CC(=O)N1CCC(N2CC(c3cc4c(c(-c5ncc[nH]5)n3)OCc3c(N5CCOCC5)ccnc3N4)C2)CC1. The zero-order valence-electron chi connectivity index (χ0n) is 22.5. The molecule has 0 saturated carbocycles. The van der Waals surface area contributed by atoms with Crippen molar-refractivity contribution in [3.63, 3.8) is 0 Å². The average Bonchev–Trinajstić information content (AvgIpc) is 3.44. The van der Waals surface area contributed by atoms with Gasteiger partial charge in [-0.1, -0.05) is 6.58 Å². The van der Waals surface area contributed by atoms with Gasteiger partial charge in [-0.2, -0.15) is 0 Å². The maximum absolute atomic E-state index is 12.0. The summed E-state index contributed by atoms with van der Waals surface area (Å²) in [5.74, 6) is 2.51. The average molecular weight is 543 g/mol. The van der Waals surface area contributed by atoms with E-state index >= 15 is 0 Å². The Balaban J connectivity index is 1.14. The number of imidazole rings is 1. The first-order chi connectivity index (χ1) is 19.7. The minimum Gasteiger partial charge on any atom is -0.484 e. The molecule has 0 spiro atoms. The second-order valence-corrected chi connectivity index (χ2v) is 10.8. The standard InChI is InChI=1S/C29H34N8O3/c1-2-25(38)36-9-4-20(5-10-36)37-16-19(17-37)22-15-23-27(26(33-22)29-31-7-8-32-29)40-18-21-24(3-6-30-28(21)34-23)35-11-13-39-14-12-35/h2-3,6-8,15,19-20H,1,4-5,9-14,16-18H2,(H,30,34)(H,31,32). The molecule has 0 aliphatic carbocycles. The molecule has 7 heterocycles. The van der Waals surface area contributed by atoms with E-state index in [9.17, 15) is 4.79 Å². The molecule has 0 radical (unpaired) electrons. The molecule has 7 rings (SSSR count). The number of carbonyl (C=O) groups is 1. The summed E-state index contributed by atoms with van der Waals surface area (Å²) in [7, 11) is 0. The van der Waals surface area contributed by atoms with Gasteiger partial charge in [-0.3, -0.25) is 9.69 Å². The molecule has 11 heteroatoms. The third kappa shape index (κ3) is 4.58. The molecule has 3 aromatic heterocycles. The largest absolute Gasteiger partial charge is 0.484 e. The zero-order chi connectivity index (χ0) is 27.1. The summed E-state index contributed by atoms with van der Waals surface area (Å²) in [6.07, 6.45) is 8.80. The van der Waals surface area contributed by atoms with Gasteiger partial charge in [0, 0.05) is 81.2 Å². The van der Waals surface area contributed by atoms with Gasteiger partial charge < -0.3 is 29.6 Å². The Morgan fingerprint density at radius 3 is 2.67 bits per heavy atom. The molecule has 3 saturated heterocycles. The number of piperidine rings is 1.